The number of ether oxygens (including phenoxy) is 1. The molecule has 0 unspecified atom stereocenters. The second kappa shape index (κ2) is 4.43. The van der Waals surface area contributed by atoms with E-state index in [-0.39, 0.29) is 5.97 Å². The van der Waals surface area contributed by atoms with E-state index in [4.69, 9.17) is 5.26 Å². The topological polar surface area (TPSA) is 50.1 Å². The Hall–Kier alpha value is -1.82. The summed E-state index contributed by atoms with van der Waals surface area (Å²) >= 11 is 0. The summed E-state index contributed by atoms with van der Waals surface area (Å²) < 4.78 is 4.63. The molecular weight excluding hydrogens is 178 g/mol. The zero-order valence-electron chi connectivity index (χ0n) is 8.20. The third kappa shape index (κ3) is 2.11. The summed E-state index contributed by atoms with van der Waals surface area (Å²) in [6.45, 7) is 1.84. The van der Waals surface area contributed by atoms with Crippen LogP contribution in [0.2, 0.25) is 0 Å². The zero-order valence-corrected chi connectivity index (χ0v) is 8.20. The van der Waals surface area contributed by atoms with Crippen LogP contribution in [0.1, 0.15) is 21.5 Å². The maximum absolute atomic E-state index is 11.3. The van der Waals surface area contributed by atoms with E-state index < -0.39 is 0 Å². The summed E-state index contributed by atoms with van der Waals surface area (Å²) in [6, 6.07) is 7.39. The Balaban J connectivity index is 3.09. The minimum Gasteiger partial charge on any atom is -0.465 e. The number of carbonyl (C=O) groups excluding carboxylic acids is 1. The van der Waals surface area contributed by atoms with Crippen molar-refractivity contribution < 1.29 is 9.53 Å². The van der Waals surface area contributed by atoms with Crippen molar-refractivity contribution in [2.75, 3.05) is 7.11 Å². The molecule has 0 saturated carbocycles. The summed E-state index contributed by atoms with van der Waals surface area (Å²) in [7, 11) is 1.35. The number of carbonyl (C=O) groups is 1. The lowest BCUT2D eigenvalue weighted by molar-refractivity contribution is 0.0600. The van der Waals surface area contributed by atoms with Crippen molar-refractivity contribution in [2.45, 2.75) is 13.3 Å². The predicted molar refractivity (Wildman–Crippen MR) is 51.8 cm³/mol. The highest BCUT2D eigenvalue weighted by molar-refractivity contribution is 5.91. The summed E-state index contributed by atoms with van der Waals surface area (Å²) in [5, 5.41) is 8.51. The Morgan fingerprint density at radius 1 is 1.57 bits per heavy atom. The third-order valence-corrected chi connectivity index (χ3v) is 1.99. The molecule has 0 amide bonds. The molecule has 0 fully saturated rings. The fourth-order valence-corrected chi connectivity index (χ4v) is 1.20. The number of rotatable bonds is 2. The highest BCUT2D eigenvalue weighted by Gasteiger charge is 2.09. The molecule has 1 aromatic rings. The SMILES string of the molecule is COC(=O)c1cc(CC#N)ccc1C. The maximum Gasteiger partial charge on any atom is 0.338 e. The minimum absolute atomic E-state index is 0.310. The number of hydrogen-bond donors (Lipinski definition) is 0. The Kier molecular flexibility index (Phi) is 3.24. The molecule has 0 spiro atoms. The first kappa shape index (κ1) is 10.3. The Morgan fingerprint density at radius 2 is 2.29 bits per heavy atom. The van der Waals surface area contributed by atoms with E-state index in [1.165, 1.54) is 7.11 Å². The van der Waals surface area contributed by atoms with Gasteiger partial charge in [-0.15, -0.1) is 0 Å². The number of nitrogens with zero attached hydrogens (tertiary/aromatic N) is 1. The Bertz CT molecular complexity index is 391. The van der Waals surface area contributed by atoms with Crippen molar-refractivity contribution in [3.05, 3.63) is 34.9 Å². The van der Waals surface area contributed by atoms with E-state index in [9.17, 15) is 4.79 Å². The van der Waals surface area contributed by atoms with Crippen LogP contribution in [-0.4, -0.2) is 13.1 Å². The molecule has 0 N–H and O–H groups in total. The summed E-state index contributed by atoms with van der Waals surface area (Å²) in [5.74, 6) is -0.359. The van der Waals surface area contributed by atoms with Crippen LogP contribution in [0.4, 0.5) is 0 Å². The fraction of sp³-hybridized carbons (Fsp3) is 0.273. The fourth-order valence-electron chi connectivity index (χ4n) is 1.20. The van der Waals surface area contributed by atoms with Gasteiger partial charge in [0.2, 0.25) is 0 Å². The molecule has 0 aliphatic carbocycles. The van der Waals surface area contributed by atoms with Crippen molar-refractivity contribution in [3.63, 3.8) is 0 Å². The predicted octanol–water partition coefficient (Wildman–Crippen LogP) is 1.85. The van der Waals surface area contributed by atoms with Crippen molar-refractivity contribution in [2.24, 2.45) is 0 Å². The smallest absolute Gasteiger partial charge is 0.338 e. The van der Waals surface area contributed by atoms with E-state index >= 15 is 0 Å². The molecule has 1 aromatic carbocycles. The van der Waals surface area contributed by atoms with Gasteiger partial charge < -0.3 is 4.74 Å². The zero-order chi connectivity index (χ0) is 10.6. The molecule has 0 radical (unpaired) electrons. The van der Waals surface area contributed by atoms with Crippen molar-refractivity contribution in [1.29, 1.82) is 5.26 Å². The molecule has 3 nitrogen and oxygen atoms in total. The number of esters is 1. The third-order valence-electron chi connectivity index (χ3n) is 1.99. The van der Waals surface area contributed by atoms with Crippen LogP contribution in [0.5, 0.6) is 0 Å². The van der Waals surface area contributed by atoms with Gasteiger partial charge in [-0.3, -0.25) is 0 Å². The second-order valence-corrected chi connectivity index (χ2v) is 2.98. The summed E-state index contributed by atoms with van der Waals surface area (Å²) in [6.07, 6.45) is 0.310. The quantitative estimate of drug-likeness (QED) is 0.667. The average Bonchev–Trinajstić information content (AvgIpc) is 2.20. The van der Waals surface area contributed by atoms with E-state index in [1.54, 1.807) is 6.07 Å². The first-order chi connectivity index (χ1) is 6.69. The first-order valence-corrected chi connectivity index (χ1v) is 4.24. The van der Waals surface area contributed by atoms with Crippen molar-refractivity contribution in [3.8, 4) is 6.07 Å². The maximum atomic E-state index is 11.3. The van der Waals surface area contributed by atoms with Crippen LogP contribution in [0.25, 0.3) is 0 Å². The molecule has 72 valence electrons. The highest BCUT2D eigenvalue weighted by atomic mass is 16.5. The molecule has 0 bridgehead atoms. The van der Waals surface area contributed by atoms with Gasteiger partial charge in [0.1, 0.15) is 0 Å². The molecule has 0 saturated heterocycles. The summed E-state index contributed by atoms with van der Waals surface area (Å²) in [5.41, 5.74) is 2.22. The van der Waals surface area contributed by atoms with Crippen LogP contribution in [0.3, 0.4) is 0 Å². The first-order valence-electron chi connectivity index (χ1n) is 4.24. The number of benzene rings is 1. The average molecular weight is 189 g/mol. The van der Waals surface area contributed by atoms with Crippen LogP contribution >= 0.6 is 0 Å². The monoisotopic (exact) mass is 189 g/mol. The summed E-state index contributed by atoms with van der Waals surface area (Å²) in [4.78, 5) is 11.3. The van der Waals surface area contributed by atoms with Gasteiger partial charge in [0.15, 0.2) is 0 Å². The number of nitriles is 1. The standard InChI is InChI=1S/C11H11NO2/c1-8-3-4-9(5-6-12)7-10(8)11(13)14-2/h3-4,7H,5H2,1-2H3. The molecule has 0 atom stereocenters. The van der Waals surface area contributed by atoms with E-state index in [2.05, 4.69) is 4.74 Å². The number of aryl methyl sites for hydroxylation is 1. The number of hydrogen-bond acceptors (Lipinski definition) is 3. The van der Waals surface area contributed by atoms with Crippen molar-refractivity contribution >= 4 is 5.97 Å². The molecular formula is C11H11NO2. The van der Waals surface area contributed by atoms with Gasteiger partial charge in [0, 0.05) is 0 Å². The van der Waals surface area contributed by atoms with E-state index in [0.717, 1.165) is 11.1 Å². The van der Waals surface area contributed by atoms with E-state index in [1.807, 2.05) is 25.1 Å². The normalized spacial score (nSPS) is 9.21. The van der Waals surface area contributed by atoms with Gasteiger partial charge in [-0.25, -0.2) is 4.79 Å². The van der Waals surface area contributed by atoms with Crippen LogP contribution in [0.15, 0.2) is 18.2 Å². The van der Waals surface area contributed by atoms with Gasteiger partial charge in [-0.1, -0.05) is 12.1 Å². The highest BCUT2D eigenvalue weighted by Crippen LogP contribution is 2.12. The molecule has 0 aliphatic heterocycles. The van der Waals surface area contributed by atoms with Crippen LogP contribution < -0.4 is 0 Å². The van der Waals surface area contributed by atoms with Gasteiger partial charge in [-0.2, -0.15) is 5.26 Å². The van der Waals surface area contributed by atoms with E-state index in [0.29, 0.717) is 12.0 Å². The molecule has 0 aromatic heterocycles. The van der Waals surface area contributed by atoms with Crippen LogP contribution in [0, 0.1) is 18.3 Å². The van der Waals surface area contributed by atoms with Crippen LogP contribution in [-0.2, 0) is 11.2 Å². The minimum atomic E-state index is -0.359. The lowest BCUT2D eigenvalue weighted by Crippen LogP contribution is -2.04. The van der Waals surface area contributed by atoms with Gasteiger partial charge in [-0.05, 0) is 24.1 Å². The molecule has 1 rings (SSSR count). The second-order valence-electron chi connectivity index (χ2n) is 2.98. The largest absolute Gasteiger partial charge is 0.465 e. The Labute approximate surface area is 82.9 Å². The van der Waals surface area contributed by atoms with Crippen molar-refractivity contribution in [1.82, 2.24) is 0 Å². The molecule has 0 aliphatic rings. The molecule has 14 heavy (non-hydrogen) atoms. The lowest BCUT2D eigenvalue weighted by atomic mass is 10.0. The molecule has 3 heteroatoms. The lowest BCUT2D eigenvalue weighted by Gasteiger charge is -2.04. The Morgan fingerprint density at radius 3 is 2.86 bits per heavy atom. The van der Waals surface area contributed by atoms with Gasteiger partial charge in [0.05, 0.1) is 25.2 Å². The number of methoxy groups -OCH3 is 1. The van der Waals surface area contributed by atoms with Gasteiger partial charge >= 0.3 is 5.97 Å². The molecule has 0 heterocycles. The van der Waals surface area contributed by atoms with Gasteiger partial charge in [0.25, 0.3) is 0 Å².